The molecule has 114 valence electrons. The number of aliphatic hydroxyl groups is 1. The third kappa shape index (κ3) is 3.85. The van der Waals surface area contributed by atoms with Gasteiger partial charge in [-0.05, 0) is 25.7 Å². The van der Waals surface area contributed by atoms with Gasteiger partial charge in [0.2, 0.25) is 0 Å². The molecule has 2 amide bonds. The largest absolute Gasteiger partial charge is 0.481 e. The van der Waals surface area contributed by atoms with Crippen molar-refractivity contribution in [3.05, 3.63) is 0 Å². The summed E-state index contributed by atoms with van der Waals surface area (Å²) in [5.74, 6) is -1.30. The zero-order valence-corrected chi connectivity index (χ0v) is 11.8. The Kier molecular flexibility index (Phi) is 5.23. The third-order valence-electron chi connectivity index (χ3n) is 4.35. The first-order valence-corrected chi connectivity index (χ1v) is 7.54. The van der Waals surface area contributed by atoms with Crippen LogP contribution in [0.15, 0.2) is 0 Å². The fraction of sp³-hybridized carbons (Fsp3) is 0.857. The third-order valence-corrected chi connectivity index (χ3v) is 4.35. The number of piperidine rings is 1. The second kappa shape index (κ2) is 6.92. The highest BCUT2D eigenvalue weighted by molar-refractivity contribution is 5.76. The highest BCUT2D eigenvalue weighted by Gasteiger charge is 2.30. The number of aliphatic carboxylic acids is 1. The van der Waals surface area contributed by atoms with Gasteiger partial charge in [0.1, 0.15) is 0 Å². The average molecular weight is 284 g/mol. The molecule has 1 heterocycles. The van der Waals surface area contributed by atoms with Gasteiger partial charge < -0.3 is 20.4 Å². The number of carboxylic acid groups (broad SMARTS) is 1. The predicted molar refractivity (Wildman–Crippen MR) is 73.3 cm³/mol. The smallest absolute Gasteiger partial charge is 0.317 e. The van der Waals surface area contributed by atoms with E-state index in [9.17, 15) is 14.7 Å². The summed E-state index contributed by atoms with van der Waals surface area (Å²) in [7, 11) is 0. The number of rotatable bonds is 2. The molecule has 2 aliphatic rings. The van der Waals surface area contributed by atoms with E-state index in [0.717, 1.165) is 38.5 Å². The zero-order valence-electron chi connectivity index (χ0n) is 11.8. The van der Waals surface area contributed by atoms with Crippen LogP contribution in [0.1, 0.15) is 44.9 Å². The predicted octanol–water partition coefficient (Wildman–Crippen LogP) is 1.19. The number of likely N-dealkylation sites (tertiary alicyclic amines) is 1. The van der Waals surface area contributed by atoms with Gasteiger partial charge in [0.15, 0.2) is 0 Å². The standard InChI is InChI=1S/C14H24N2O4/c17-12-7-3-1-2-6-11(12)15-14(20)16-8-4-5-10(9-16)13(18)19/h10-12,17H,1-9H2,(H,15,20)(H,18,19). The molecule has 0 aromatic heterocycles. The quantitative estimate of drug-likeness (QED) is 0.664. The zero-order chi connectivity index (χ0) is 14.5. The molecule has 0 spiro atoms. The van der Waals surface area contributed by atoms with E-state index in [4.69, 9.17) is 5.11 Å². The summed E-state index contributed by atoms with van der Waals surface area (Å²) in [5, 5.41) is 21.9. The number of urea groups is 1. The molecule has 0 aromatic rings. The van der Waals surface area contributed by atoms with E-state index in [2.05, 4.69) is 5.32 Å². The molecule has 3 N–H and O–H groups in total. The number of carboxylic acids is 1. The van der Waals surface area contributed by atoms with Crippen LogP contribution in [0.5, 0.6) is 0 Å². The molecule has 1 aliphatic carbocycles. The highest BCUT2D eigenvalue weighted by atomic mass is 16.4. The van der Waals surface area contributed by atoms with Crippen molar-refractivity contribution >= 4 is 12.0 Å². The van der Waals surface area contributed by atoms with Crippen LogP contribution >= 0.6 is 0 Å². The summed E-state index contributed by atoms with van der Waals surface area (Å²) in [6.07, 6.45) is 5.49. The summed E-state index contributed by atoms with van der Waals surface area (Å²) in [6, 6.07) is -0.433. The van der Waals surface area contributed by atoms with E-state index < -0.39 is 18.0 Å². The number of hydrogen-bond donors (Lipinski definition) is 3. The van der Waals surface area contributed by atoms with Crippen LogP contribution in [0, 0.1) is 5.92 Å². The molecule has 6 nitrogen and oxygen atoms in total. The lowest BCUT2D eigenvalue weighted by Crippen LogP contribution is -2.52. The van der Waals surface area contributed by atoms with Crippen molar-refractivity contribution in [1.82, 2.24) is 10.2 Å². The van der Waals surface area contributed by atoms with Gasteiger partial charge >= 0.3 is 12.0 Å². The van der Waals surface area contributed by atoms with Crippen molar-refractivity contribution < 1.29 is 19.8 Å². The fourth-order valence-corrected chi connectivity index (χ4v) is 3.07. The van der Waals surface area contributed by atoms with E-state index in [1.807, 2.05) is 0 Å². The Morgan fingerprint density at radius 1 is 1.05 bits per heavy atom. The summed E-state index contributed by atoms with van der Waals surface area (Å²) in [4.78, 5) is 24.8. The van der Waals surface area contributed by atoms with Crippen LogP contribution in [-0.2, 0) is 4.79 Å². The number of carbonyl (C=O) groups excluding carboxylic acids is 1. The SMILES string of the molecule is O=C(O)C1CCCN(C(=O)NC2CCCCCC2O)C1. The lowest BCUT2D eigenvalue weighted by atomic mass is 9.98. The minimum absolute atomic E-state index is 0.199. The Hall–Kier alpha value is -1.30. The molecule has 2 rings (SSSR count). The maximum absolute atomic E-state index is 12.2. The van der Waals surface area contributed by atoms with Crippen LogP contribution in [0.3, 0.4) is 0 Å². The maximum Gasteiger partial charge on any atom is 0.317 e. The number of aliphatic hydroxyl groups excluding tert-OH is 1. The molecule has 1 saturated heterocycles. The first kappa shape index (κ1) is 15.1. The van der Waals surface area contributed by atoms with E-state index in [1.54, 1.807) is 4.90 Å². The molecular formula is C14H24N2O4. The molecule has 0 aromatic carbocycles. The van der Waals surface area contributed by atoms with E-state index in [0.29, 0.717) is 13.0 Å². The Morgan fingerprint density at radius 3 is 2.55 bits per heavy atom. The van der Waals surface area contributed by atoms with Gasteiger partial charge in [-0.25, -0.2) is 4.79 Å². The second-order valence-corrected chi connectivity index (χ2v) is 5.88. The van der Waals surface area contributed by atoms with Gasteiger partial charge in [-0.15, -0.1) is 0 Å². The molecule has 6 heteroatoms. The summed E-state index contributed by atoms with van der Waals surface area (Å²) in [5.41, 5.74) is 0. The van der Waals surface area contributed by atoms with Crippen molar-refractivity contribution in [2.75, 3.05) is 13.1 Å². The van der Waals surface area contributed by atoms with E-state index >= 15 is 0 Å². The van der Waals surface area contributed by atoms with Crippen LogP contribution in [-0.4, -0.2) is 52.3 Å². The fourth-order valence-electron chi connectivity index (χ4n) is 3.07. The maximum atomic E-state index is 12.2. The van der Waals surface area contributed by atoms with E-state index in [1.165, 1.54) is 0 Å². The summed E-state index contributed by atoms with van der Waals surface area (Å²) >= 11 is 0. The van der Waals surface area contributed by atoms with E-state index in [-0.39, 0.29) is 18.6 Å². The first-order valence-electron chi connectivity index (χ1n) is 7.54. The number of hydrogen-bond acceptors (Lipinski definition) is 3. The van der Waals surface area contributed by atoms with Gasteiger partial charge in [0, 0.05) is 13.1 Å². The number of nitrogens with zero attached hydrogens (tertiary/aromatic N) is 1. The number of carbonyl (C=O) groups is 2. The number of amides is 2. The Labute approximate surface area is 119 Å². The van der Waals surface area contributed by atoms with Gasteiger partial charge in [-0.2, -0.15) is 0 Å². The normalized spacial score (nSPS) is 31.4. The molecule has 0 radical (unpaired) electrons. The first-order chi connectivity index (χ1) is 9.58. The topological polar surface area (TPSA) is 89.9 Å². The molecule has 3 atom stereocenters. The monoisotopic (exact) mass is 284 g/mol. The van der Waals surface area contributed by atoms with Crippen molar-refractivity contribution in [2.45, 2.75) is 57.1 Å². The van der Waals surface area contributed by atoms with Gasteiger partial charge in [0.05, 0.1) is 18.1 Å². The van der Waals surface area contributed by atoms with Crippen molar-refractivity contribution in [1.29, 1.82) is 0 Å². The summed E-state index contributed by atoms with van der Waals surface area (Å²) < 4.78 is 0. The van der Waals surface area contributed by atoms with Crippen LogP contribution in [0.2, 0.25) is 0 Å². The molecule has 1 saturated carbocycles. The van der Waals surface area contributed by atoms with Crippen LogP contribution < -0.4 is 5.32 Å². The molecule has 20 heavy (non-hydrogen) atoms. The van der Waals surface area contributed by atoms with Gasteiger partial charge in [0.25, 0.3) is 0 Å². The van der Waals surface area contributed by atoms with Crippen LogP contribution in [0.25, 0.3) is 0 Å². The molecule has 3 unspecified atom stereocenters. The van der Waals surface area contributed by atoms with Crippen molar-refractivity contribution in [3.63, 3.8) is 0 Å². The summed E-state index contributed by atoms with van der Waals surface area (Å²) in [6.45, 7) is 0.864. The number of nitrogens with one attached hydrogen (secondary N) is 1. The Bertz CT molecular complexity index is 361. The second-order valence-electron chi connectivity index (χ2n) is 5.88. The lowest BCUT2D eigenvalue weighted by molar-refractivity contribution is -0.143. The minimum Gasteiger partial charge on any atom is -0.481 e. The van der Waals surface area contributed by atoms with Crippen molar-refractivity contribution in [2.24, 2.45) is 5.92 Å². The van der Waals surface area contributed by atoms with Gasteiger partial charge in [-0.1, -0.05) is 19.3 Å². The molecule has 1 aliphatic heterocycles. The lowest BCUT2D eigenvalue weighted by Gasteiger charge is -2.33. The highest BCUT2D eigenvalue weighted by Crippen LogP contribution is 2.20. The molecule has 0 bridgehead atoms. The molecule has 2 fully saturated rings. The average Bonchev–Trinajstić information content (AvgIpc) is 2.64. The van der Waals surface area contributed by atoms with Gasteiger partial charge in [-0.3, -0.25) is 4.79 Å². The Morgan fingerprint density at radius 2 is 1.80 bits per heavy atom. The molecular weight excluding hydrogens is 260 g/mol. The van der Waals surface area contributed by atoms with Crippen molar-refractivity contribution in [3.8, 4) is 0 Å². The van der Waals surface area contributed by atoms with Crippen LogP contribution in [0.4, 0.5) is 4.79 Å². The minimum atomic E-state index is -0.836. The Balaban J connectivity index is 1.88.